The summed E-state index contributed by atoms with van der Waals surface area (Å²) in [6, 6.07) is 32.2. The highest BCUT2D eigenvalue weighted by atomic mass is 32.2. The smallest absolute Gasteiger partial charge is 0.236 e. The number of nitrogens with one attached hydrogen (secondary N) is 2. The Kier molecular flexibility index (Phi) is 8.08. The van der Waals surface area contributed by atoms with E-state index in [4.69, 9.17) is 4.99 Å². The molecule has 1 aliphatic rings. The maximum Gasteiger partial charge on any atom is 0.236 e. The highest BCUT2D eigenvalue weighted by Crippen LogP contribution is 2.33. The van der Waals surface area contributed by atoms with Crippen LogP contribution < -0.4 is 4.72 Å². The van der Waals surface area contributed by atoms with Crippen LogP contribution in [0, 0.1) is 0 Å². The lowest BCUT2D eigenvalue weighted by Crippen LogP contribution is -2.28. The van der Waals surface area contributed by atoms with Crippen molar-refractivity contribution in [2.24, 2.45) is 4.99 Å². The average molecular weight is 579 g/mol. The van der Waals surface area contributed by atoms with E-state index in [0.29, 0.717) is 33.4 Å². The number of fused-ring (bicyclic) bond motifs is 1. The number of likely N-dealkylation sites (tertiary alicyclic amines) is 1. The molecule has 1 saturated heterocycles. The second-order valence-electron chi connectivity index (χ2n) is 10.8. The molecule has 1 aliphatic heterocycles. The first-order valence-corrected chi connectivity index (χ1v) is 15.9. The van der Waals surface area contributed by atoms with Gasteiger partial charge in [0.2, 0.25) is 10.0 Å². The monoisotopic (exact) mass is 578 g/mol. The quantitative estimate of drug-likeness (QED) is 0.165. The highest BCUT2D eigenvalue weighted by Gasteiger charge is 2.20. The SMILES string of the molecule is O=S(=O)(Cc1ccccc1)Nc1ccc2[nH]c(O)c(C(=Nc3ccc(CN4CCCCC4)cc3)c3ccccc3)c2c1. The van der Waals surface area contributed by atoms with Crippen molar-refractivity contribution < 1.29 is 13.5 Å². The molecule has 1 fully saturated rings. The molecule has 0 spiro atoms. The van der Waals surface area contributed by atoms with Crippen LogP contribution in [0.5, 0.6) is 5.88 Å². The van der Waals surface area contributed by atoms with Gasteiger partial charge in [0.05, 0.1) is 22.7 Å². The summed E-state index contributed by atoms with van der Waals surface area (Å²) in [6.45, 7) is 3.21. The third kappa shape index (κ3) is 6.56. The van der Waals surface area contributed by atoms with Crippen molar-refractivity contribution in [2.75, 3.05) is 17.8 Å². The van der Waals surface area contributed by atoms with Gasteiger partial charge < -0.3 is 10.1 Å². The normalized spacial score (nSPS) is 14.7. The van der Waals surface area contributed by atoms with Crippen LogP contribution in [0.25, 0.3) is 10.9 Å². The molecule has 0 radical (unpaired) electrons. The van der Waals surface area contributed by atoms with Crippen molar-refractivity contribution in [3.63, 3.8) is 0 Å². The molecule has 0 unspecified atom stereocenters. The molecule has 0 amide bonds. The molecule has 7 nitrogen and oxygen atoms in total. The lowest BCUT2D eigenvalue weighted by molar-refractivity contribution is 0.221. The number of aromatic amines is 1. The predicted molar refractivity (Wildman–Crippen MR) is 170 cm³/mol. The van der Waals surface area contributed by atoms with Gasteiger partial charge in [-0.3, -0.25) is 9.62 Å². The number of aliphatic imine (C=N–C) groups is 1. The summed E-state index contributed by atoms with van der Waals surface area (Å²) in [7, 11) is -3.65. The summed E-state index contributed by atoms with van der Waals surface area (Å²) in [4.78, 5) is 10.5. The van der Waals surface area contributed by atoms with Gasteiger partial charge in [0.1, 0.15) is 0 Å². The van der Waals surface area contributed by atoms with Crippen LogP contribution in [0.3, 0.4) is 0 Å². The van der Waals surface area contributed by atoms with E-state index in [-0.39, 0.29) is 11.6 Å². The summed E-state index contributed by atoms with van der Waals surface area (Å²) >= 11 is 0. The summed E-state index contributed by atoms with van der Waals surface area (Å²) in [5, 5.41) is 11.8. The van der Waals surface area contributed by atoms with E-state index in [1.54, 1.807) is 30.3 Å². The lowest BCUT2D eigenvalue weighted by Gasteiger charge is -2.26. The Balaban J connectivity index is 1.34. The number of benzene rings is 4. The van der Waals surface area contributed by atoms with E-state index in [9.17, 15) is 13.5 Å². The van der Waals surface area contributed by atoms with Gasteiger partial charge in [0.25, 0.3) is 0 Å². The van der Waals surface area contributed by atoms with Gasteiger partial charge in [-0.15, -0.1) is 0 Å². The molecule has 214 valence electrons. The van der Waals surface area contributed by atoms with Gasteiger partial charge in [0, 0.05) is 28.7 Å². The highest BCUT2D eigenvalue weighted by molar-refractivity contribution is 7.91. The first-order valence-electron chi connectivity index (χ1n) is 14.3. The van der Waals surface area contributed by atoms with Crippen molar-refractivity contribution in [1.29, 1.82) is 0 Å². The summed E-state index contributed by atoms with van der Waals surface area (Å²) < 4.78 is 28.6. The molecular weight excluding hydrogens is 544 g/mol. The number of sulfonamides is 1. The Morgan fingerprint density at radius 3 is 2.24 bits per heavy atom. The van der Waals surface area contributed by atoms with Crippen molar-refractivity contribution in [2.45, 2.75) is 31.6 Å². The Bertz CT molecular complexity index is 1790. The maximum absolute atomic E-state index is 13.0. The largest absolute Gasteiger partial charge is 0.494 e. The van der Waals surface area contributed by atoms with Crippen molar-refractivity contribution >= 4 is 38.0 Å². The topological polar surface area (TPSA) is 97.8 Å². The molecule has 0 atom stereocenters. The lowest BCUT2D eigenvalue weighted by atomic mass is 10.0. The zero-order valence-corrected chi connectivity index (χ0v) is 24.1. The van der Waals surface area contributed by atoms with Crippen LogP contribution in [0.15, 0.2) is 108 Å². The minimum atomic E-state index is -3.65. The van der Waals surface area contributed by atoms with Crippen LogP contribution in [-0.2, 0) is 22.3 Å². The number of nitrogens with zero attached hydrogens (tertiary/aromatic N) is 2. The molecule has 0 bridgehead atoms. The molecule has 2 heterocycles. The molecule has 3 N–H and O–H groups in total. The first-order chi connectivity index (χ1) is 20.4. The van der Waals surface area contributed by atoms with E-state index < -0.39 is 10.0 Å². The van der Waals surface area contributed by atoms with Gasteiger partial charge in [-0.25, -0.2) is 13.4 Å². The molecule has 1 aromatic heterocycles. The fourth-order valence-corrected chi connectivity index (χ4v) is 6.72. The number of anilines is 1. The summed E-state index contributed by atoms with van der Waals surface area (Å²) in [5.41, 5.74) is 5.74. The van der Waals surface area contributed by atoms with Crippen LogP contribution >= 0.6 is 0 Å². The zero-order chi connectivity index (χ0) is 28.9. The van der Waals surface area contributed by atoms with Crippen LogP contribution in [0.1, 0.15) is 41.5 Å². The predicted octanol–water partition coefficient (Wildman–Crippen LogP) is 6.97. The average Bonchev–Trinajstić information content (AvgIpc) is 3.32. The maximum atomic E-state index is 13.0. The molecule has 0 aliphatic carbocycles. The second-order valence-corrected chi connectivity index (χ2v) is 12.5. The van der Waals surface area contributed by atoms with E-state index in [1.807, 2.05) is 60.7 Å². The molecule has 8 heteroatoms. The Hall–Kier alpha value is -4.40. The summed E-state index contributed by atoms with van der Waals surface area (Å²) in [5.74, 6) is -0.166. The minimum absolute atomic E-state index is 0.0291. The first kappa shape index (κ1) is 27.8. The zero-order valence-electron chi connectivity index (χ0n) is 23.3. The van der Waals surface area contributed by atoms with E-state index in [1.165, 1.54) is 24.8 Å². The Morgan fingerprint density at radius 2 is 1.52 bits per heavy atom. The van der Waals surface area contributed by atoms with Crippen molar-refractivity contribution in [3.05, 3.63) is 125 Å². The third-order valence-corrected chi connectivity index (χ3v) is 8.83. The van der Waals surface area contributed by atoms with Crippen LogP contribution in [0.4, 0.5) is 11.4 Å². The number of rotatable bonds is 9. The number of hydrogen-bond acceptors (Lipinski definition) is 5. The van der Waals surface area contributed by atoms with Gasteiger partial charge in [-0.1, -0.05) is 79.2 Å². The third-order valence-electron chi connectivity index (χ3n) is 7.57. The minimum Gasteiger partial charge on any atom is -0.494 e. The van der Waals surface area contributed by atoms with Gasteiger partial charge in [-0.2, -0.15) is 0 Å². The van der Waals surface area contributed by atoms with E-state index >= 15 is 0 Å². The number of hydrogen-bond donors (Lipinski definition) is 3. The van der Waals surface area contributed by atoms with Gasteiger partial charge >= 0.3 is 0 Å². The Morgan fingerprint density at radius 1 is 0.833 bits per heavy atom. The molecule has 4 aromatic carbocycles. The van der Waals surface area contributed by atoms with Crippen LogP contribution in [0.2, 0.25) is 0 Å². The number of H-pyrrole nitrogens is 1. The van der Waals surface area contributed by atoms with E-state index in [2.05, 4.69) is 26.7 Å². The Labute approximate surface area is 246 Å². The van der Waals surface area contributed by atoms with E-state index in [0.717, 1.165) is 30.9 Å². The van der Waals surface area contributed by atoms with Crippen molar-refractivity contribution in [3.8, 4) is 5.88 Å². The van der Waals surface area contributed by atoms with Gasteiger partial charge in [0.15, 0.2) is 5.88 Å². The second kappa shape index (κ2) is 12.2. The standard InChI is InChI=1S/C34H34N4O3S/c39-34-32(30-22-29(18-19-31(30)36-34)37-42(40,41)24-26-10-4-1-5-11-26)33(27-12-6-2-7-13-27)35-28-16-14-25(15-17-28)23-38-20-8-3-9-21-38/h1-2,4-7,10-19,22,36-37,39H,3,8-9,20-21,23-24H2. The number of aromatic hydroxyl groups is 1. The van der Waals surface area contributed by atoms with Gasteiger partial charge in [-0.05, 0) is 67.4 Å². The number of piperidine rings is 1. The molecule has 5 aromatic rings. The summed E-state index contributed by atoms with van der Waals surface area (Å²) in [6.07, 6.45) is 3.83. The fraction of sp³-hybridized carbons (Fsp3) is 0.206. The fourth-order valence-electron chi connectivity index (χ4n) is 5.53. The molecular formula is C34H34N4O3S. The van der Waals surface area contributed by atoms with Crippen LogP contribution in [-0.4, -0.2) is 42.2 Å². The molecule has 6 rings (SSSR count). The van der Waals surface area contributed by atoms with Crippen molar-refractivity contribution in [1.82, 2.24) is 9.88 Å². The molecule has 42 heavy (non-hydrogen) atoms. The molecule has 0 saturated carbocycles. The number of aromatic nitrogens is 1.